The molecule has 176 valence electrons. The van der Waals surface area contributed by atoms with Crippen molar-refractivity contribution in [3.05, 3.63) is 104 Å². The summed E-state index contributed by atoms with van der Waals surface area (Å²) in [5, 5.41) is 13.0. The van der Waals surface area contributed by atoms with Crippen LogP contribution in [-0.2, 0) is 18.4 Å². The van der Waals surface area contributed by atoms with Gasteiger partial charge in [0.2, 0.25) is 0 Å². The molecule has 1 aromatic heterocycles. The zero-order valence-electron chi connectivity index (χ0n) is 19.6. The summed E-state index contributed by atoms with van der Waals surface area (Å²) in [6.45, 7) is 4.15. The molecule has 6 nitrogen and oxygen atoms in total. The van der Waals surface area contributed by atoms with Crippen molar-refractivity contribution in [1.29, 1.82) is 5.26 Å². The number of thioether (sulfide) groups is 1. The maximum absolute atomic E-state index is 13.4. The summed E-state index contributed by atoms with van der Waals surface area (Å²) in [4.78, 5) is 28.3. The number of amides is 1. The number of anilines is 1. The quantitative estimate of drug-likeness (QED) is 0.373. The van der Waals surface area contributed by atoms with Gasteiger partial charge in [-0.15, -0.1) is 0 Å². The van der Waals surface area contributed by atoms with Gasteiger partial charge in [-0.05, 0) is 36.6 Å². The van der Waals surface area contributed by atoms with Crippen molar-refractivity contribution >= 4 is 46.1 Å². The smallest absolute Gasteiger partial charge is 0.270 e. The molecule has 0 spiro atoms. The first-order valence-electron chi connectivity index (χ1n) is 11.1. The largest absolute Gasteiger partial charge is 0.367 e. The number of nitrogens with one attached hydrogen (secondary N) is 1. The number of carbonyl (C=O) groups is 1. The van der Waals surface area contributed by atoms with Crippen LogP contribution in [0.15, 0.2) is 70.4 Å². The van der Waals surface area contributed by atoms with E-state index in [-0.39, 0.29) is 23.1 Å². The molecule has 1 saturated heterocycles. The third kappa shape index (κ3) is 4.78. The molecule has 1 aliphatic rings. The lowest BCUT2D eigenvalue weighted by Gasteiger charge is -2.23. The van der Waals surface area contributed by atoms with Gasteiger partial charge in [-0.25, -0.2) is 0 Å². The number of benzene rings is 2. The van der Waals surface area contributed by atoms with Crippen molar-refractivity contribution in [1.82, 2.24) is 9.47 Å². The molecule has 2 aromatic carbocycles. The van der Waals surface area contributed by atoms with Gasteiger partial charge in [0.15, 0.2) is 0 Å². The summed E-state index contributed by atoms with van der Waals surface area (Å²) < 4.78 is 1.90. The van der Waals surface area contributed by atoms with Crippen LogP contribution in [0.3, 0.4) is 0 Å². The SMILES string of the molecule is Cc1c(/C=C2/SC(=S)N(C(C)c3ccccc3)C2=O)c(NCc2ccccc2)n(C)c(=O)c1C#N. The monoisotopic (exact) mass is 500 g/mol. The molecule has 0 bridgehead atoms. The van der Waals surface area contributed by atoms with Crippen LogP contribution in [0.5, 0.6) is 0 Å². The van der Waals surface area contributed by atoms with Crippen LogP contribution in [0.2, 0.25) is 0 Å². The van der Waals surface area contributed by atoms with Gasteiger partial charge < -0.3 is 5.32 Å². The summed E-state index contributed by atoms with van der Waals surface area (Å²) in [5.41, 5.74) is 2.83. The number of thiocarbonyl (C=S) groups is 1. The Morgan fingerprint density at radius 3 is 2.37 bits per heavy atom. The molecular formula is C27H24N4O2S2. The van der Waals surface area contributed by atoms with E-state index in [0.29, 0.717) is 32.7 Å². The van der Waals surface area contributed by atoms with Crippen molar-refractivity contribution in [3.63, 3.8) is 0 Å². The van der Waals surface area contributed by atoms with Crippen molar-refractivity contribution < 1.29 is 4.79 Å². The lowest BCUT2D eigenvalue weighted by Crippen LogP contribution is -2.31. The minimum Gasteiger partial charge on any atom is -0.367 e. The summed E-state index contributed by atoms with van der Waals surface area (Å²) in [6, 6.07) is 21.3. The van der Waals surface area contributed by atoms with Crippen LogP contribution in [0, 0.1) is 18.3 Å². The predicted molar refractivity (Wildman–Crippen MR) is 145 cm³/mol. The second-order valence-electron chi connectivity index (χ2n) is 8.22. The highest BCUT2D eigenvalue weighted by Gasteiger charge is 2.36. The number of nitriles is 1. The van der Waals surface area contributed by atoms with E-state index in [9.17, 15) is 14.9 Å². The summed E-state index contributed by atoms with van der Waals surface area (Å²) in [5.74, 6) is 0.342. The Hall–Kier alpha value is -3.67. The Kier molecular flexibility index (Phi) is 7.20. The van der Waals surface area contributed by atoms with Crippen LogP contribution in [-0.4, -0.2) is 19.7 Å². The molecule has 0 saturated carbocycles. The van der Waals surface area contributed by atoms with Crippen LogP contribution in [0.1, 0.15) is 40.8 Å². The normalized spacial score (nSPS) is 15.4. The zero-order chi connectivity index (χ0) is 25.1. The number of aromatic nitrogens is 1. The fourth-order valence-electron chi connectivity index (χ4n) is 4.05. The second-order valence-corrected chi connectivity index (χ2v) is 9.89. The van der Waals surface area contributed by atoms with Crippen molar-refractivity contribution in [3.8, 4) is 6.07 Å². The molecule has 1 fully saturated rings. The number of hydrogen-bond acceptors (Lipinski definition) is 6. The fraction of sp³-hybridized carbons (Fsp3) is 0.185. The molecular weight excluding hydrogens is 476 g/mol. The minimum absolute atomic E-state index is 0.0529. The van der Waals surface area contributed by atoms with E-state index in [4.69, 9.17) is 12.2 Å². The van der Waals surface area contributed by atoms with Gasteiger partial charge in [0.05, 0.1) is 10.9 Å². The van der Waals surface area contributed by atoms with Gasteiger partial charge >= 0.3 is 0 Å². The van der Waals surface area contributed by atoms with Crippen molar-refractivity contribution in [2.45, 2.75) is 26.4 Å². The lowest BCUT2D eigenvalue weighted by atomic mass is 10.0. The van der Waals surface area contributed by atoms with Crippen LogP contribution >= 0.6 is 24.0 Å². The van der Waals surface area contributed by atoms with E-state index in [1.165, 1.54) is 16.3 Å². The van der Waals surface area contributed by atoms with E-state index in [1.54, 1.807) is 24.9 Å². The molecule has 1 unspecified atom stereocenters. The van der Waals surface area contributed by atoms with Gasteiger partial charge in [-0.1, -0.05) is 84.6 Å². The molecule has 1 atom stereocenters. The maximum atomic E-state index is 13.4. The van der Waals surface area contributed by atoms with Gasteiger partial charge in [0.1, 0.15) is 21.8 Å². The zero-order valence-corrected chi connectivity index (χ0v) is 21.2. The van der Waals surface area contributed by atoms with Gasteiger partial charge in [-0.2, -0.15) is 5.26 Å². The van der Waals surface area contributed by atoms with Crippen LogP contribution < -0.4 is 10.9 Å². The van der Waals surface area contributed by atoms with Gasteiger partial charge in [0, 0.05) is 19.2 Å². The van der Waals surface area contributed by atoms with E-state index >= 15 is 0 Å². The maximum Gasteiger partial charge on any atom is 0.270 e. The van der Waals surface area contributed by atoms with E-state index in [1.807, 2.05) is 73.7 Å². The molecule has 1 N–H and O–H groups in total. The first kappa shape index (κ1) is 24.5. The Balaban J connectivity index is 1.76. The standard InChI is InChI=1S/C27H24N4O2S2/c1-17-21(14-23-26(33)31(27(34)35-23)18(2)20-12-8-5-9-13-20)24(30(3)25(32)22(17)15-28)29-16-19-10-6-4-7-11-19/h4-14,18,29H,16H2,1-3H3/b23-14+. The number of nitrogens with zero attached hydrogens (tertiary/aromatic N) is 3. The molecule has 0 radical (unpaired) electrons. The predicted octanol–water partition coefficient (Wildman–Crippen LogP) is 5.14. The molecule has 1 amide bonds. The minimum atomic E-state index is -0.386. The molecule has 2 heterocycles. The number of carbonyl (C=O) groups excluding carboxylic acids is 1. The molecule has 4 rings (SSSR count). The van der Waals surface area contributed by atoms with E-state index in [0.717, 1.165) is 11.1 Å². The third-order valence-electron chi connectivity index (χ3n) is 6.07. The van der Waals surface area contributed by atoms with Crippen LogP contribution in [0.4, 0.5) is 5.82 Å². The summed E-state index contributed by atoms with van der Waals surface area (Å²) >= 11 is 6.79. The van der Waals surface area contributed by atoms with Gasteiger partial charge in [0.25, 0.3) is 11.5 Å². The van der Waals surface area contributed by atoms with E-state index < -0.39 is 0 Å². The highest BCUT2D eigenvalue weighted by molar-refractivity contribution is 8.26. The average molecular weight is 501 g/mol. The lowest BCUT2D eigenvalue weighted by molar-refractivity contribution is -0.123. The summed E-state index contributed by atoms with van der Waals surface area (Å²) in [7, 11) is 1.62. The highest BCUT2D eigenvalue weighted by atomic mass is 32.2. The highest BCUT2D eigenvalue weighted by Crippen LogP contribution is 2.39. The van der Waals surface area contributed by atoms with Crippen LogP contribution in [0.25, 0.3) is 6.08 Å². The number of hydrogen-bond donors (Lipinski definition) is 1. The average Bonchev–Trinajstić information content (AvgIpc) is 3.15. The molecule has 35 heavy (non-hydrogen) atoms. The molecule has 8 heteroatoms. The number of pyridine rings is 1. The third-order valence-corrected chi connectivity index (χ3v) is 7.40. The Morgan fingerprint density at radius 2 is 1.74 bits per heavy atom. The Morgan fingerprint density at radius 1 is 1.11 bits per heavy atom. The second kappa shape index (κ2) is 10.3. The number of rotatable bonds is 6. The fourth-order valence-corrected chi connectivity index (χ4v) is 5.45. The van der Waals surface area contributed by atoms with E-state index in [2.05, 4.69) is 5.32 Å². The first-order valence-corrected chi connectivity index (χ1v) is 12.3. The van der Waals surface area contributed by atoms with Crippen molar-refractivity contribution in [2.24, 2.45) is 7.05 Å². The Labute approximate surface area is 213 Å². The molecule has 0 aliphatic carbocycles. The molecule has 1 aliphatic heterocycles. The van der Waals surface area contributed by atoms with Crippen molar-refractivity contribution in [2.75, 3.05) is 5.32 Å². The summed E-state index contributed by atoms with van der Waals surface area (Å²) in [6.07, 6.45) is 1.74. The topological polar surface area (TPSA) is 78.1 Å². The van der Waals surface area contributed by atoms with Gasteiger partial charge in [-0.3, -0.25) is 19.1 Å². The Bertz CT molecular complexity index is 1420. The molecule has 3 aromatic rings. The first-order chi connectivity index (χ1) is 16.8.